The van der Waals surface area contributed by atoms with Crippen LogP contribution in [0.1, 0.15) is 31.4 Å². The van der Waals surface area contributed by atoms with Crippen LogP contribution in [0.4, 0.5) is 0 Å². The summed E-state index contributed by atoms with van der Waals surface area (Å²) >= 11 is 0. The van der Waals surface area contributed by atoms with E-state index in [0.29, 0.717) is 23.2 Å². The van der Waals surface area contributed by atoms with Crippen LogP contribution in [0.15, 0.2) is 12.1 Å². The van der Waals surface area contributed by atoms with Gasteiger partial charge in [0.05, 0.1) is 21.3 Å². The van der Waals surface area contributed by atoms with E-state index in [9.17, 15) is 0 Å². The Kier molecular flexibility index (Phi) is 6.34. The van der Waals surface area contributed by atoms with Crippen LogP contribution in [0, 0.1) is 5.92 Å². The molecule has 0 spiro atoms. The summed E-state index contributed by atoms with van der Waals surface area (Å²) in [6.07, 6.45) is 2.27. The molecule has 22 heavy (non-hydrogen) atoms. The maximum atomic E-state index is 5.41. The summed E-state index contributed by atoms with van der Waals surface area (Å²) in [7, 11) is 4.90. The molecule has 0 amide bonds. The lowest BCUT2D eigenvalue weighted by atomic mass is 9.99. The quantitative estimate of drug-likeness (QED) is 0.839. The number of ether oxygens (including phenoxy) is 4. The Balaban J connectivity index is 2.06. The van der Waals surface area contributed by atoms with Crippen molar-refractivity contribution in [1.29, 1.82) is 0 Å². The molecule has 0 saturated carbocycles. The Hall–Kier alpha value is -1.46. The standard InChI is InChI=1S/C17H27NO4/c1-12(18-11-13-5-7-22-8-6-13)14-9-15(19-2)17(21-4)16(10-14)20-3/h9-10,12-13,18H,5-8,11H2,1-4H3. The SMILES string of the molecule is COc1cc(C(C)NCC2CCOCC2)cc(OC)c1OC. The van der Waals surface area contributed by atoms with Gasteiger partial charge in [-0.05, 0) is 49.9 Å². The molecule has 5 heteroatoms. The predicted molar refractivity (Wildman–Crippen MR) is 86.1 cm³/mol. The van der Waals surface area contributed by atoms with Gasteiger partial charge in [0.1, 0.15) is 0 Å². The van der Waals surface area contributed by atoms with Gasteiger partial charge in [0, 0.05) is 19.3 Å². The van der Waals surface area contributed by atoms with Gasteiger partial charge in [-0.3, -0.25) is 0 Å². The molecular formula is C17H27NO4. The number of hydrogen-bond acceptors (Lipinski definition) is 5. The Labute approximate surface area is 132 Å². The first-order valence-electron chi connectivity index (χ1n) is 7.80. The van der Waals surface area contributed by atoms with E-state index in [-0.39, 0.29) is 6.04 Å². The fourth-order valence-electron chi connectivity index (χ4n) is 2.76. The minimum Gasteiger partial charge on any atom is -0.493 e. The summed E-state index contributed by atoms with van der Waals surface area (Å²) in [4.78, 5) is 0. The van der Waals surface area contributed by atoms with E-state index in [0.717, 1.165) is 38.2 Å². The summed E-state index contributed by atoms with van der Waals surface area (Å²) in [5.74, 6) is 2.71. The third-order valence-corrected chi connectivity index (χ3v) is 4.24. The Morgan fingerprint density at radius 2 is 1.68 bits per heavy atom. The maximum absolute atomic E-state index is 5.41. The van der Waals surface area contributed by atoms with Crippen LogP contribution in [0.25, 0.3) is 0 Å². The highest BCUT2D eigenvalue weighted by Crippen LogP contribution is 2.39. The summed E-state index contributed by atoms with van der Waals surface area (Å²) in [6, 6.07) is 4.22. The molecule has 1 aromatic carbocycles. The molecule has 5 nitrogen and oxygen atoms in total. The smallest absolute Gasteiger partial charge is 0.203 e. The normalized spacial score (nSPS) is 17.1. The molecule has 124 valence electrons. The Bertz CT molecular complexity index is 447. The van der Waals surface area contributed by atoms with E-state index in [1.165, 1.54) is 0 Å². The molecule has 1 aliphatic heterocycles. The fourth-order valence-corrected chi connectivity index (χ4v) is 2.76. The van der Waals surface area contributed by atoms with E-state index < -0.39 is 0 Å². The molecule has 1 aromatic rings. The molecule has 1 unspecified atom stereocenters. The molecule has 1 atom stereocenters. The minimum atomic E-state index is 0.219. The Morgan fingerprint density at radius 1 is 1.09 bits per heavy atom. The first-order valence-corrected chi connectivity index (χ1v) is 7.80. The highest BCUT2D eigenvalue weighted by Gasteiger charge is 2.18. The molecule has 0 aliphatic carbocycles. The van der Waals surface area contributed by atoms with Crippen molar-refractivity contribution >= 4 is 0 Å². The van der Waals surface area contributed by atoms with Gasteiger partial charge in [-0.1, -0.05) is 0 Å². The van der Waals surface area contributed by atoms with Gasteiger partial charge >= 0.3 is 0 Å². The van der Waals surface area contributed by atoms with Gasteiger partial charge in [0.2, 0.25) is 5.75 Å². The molecular weight excluding hydrogens is 282 g/mol. The van der Waals surface area contributed by atoms with Gasteiger partial charge in [-0.15, -0.1) is 0 Å². The molecule has 0 radical (unpaired) electrons. The maximum Gasteiger partial charge on any atom is 0.203 e. The number of hydrogen-bond donors (Lipinski definition) is 1. The molecule has 1 heterocycles. The second-order valence-corrected chi connectivity index (χ2v) is 5.64. The fraction of sp³-hybridized carbons (Fsp3) is 0.647. The van der Waals surface area contributed by atoms with Gasteiger partial charge < -0.3 is 24.3 Å². The average molecular weight is 309 g/mol. The van der Waals surface area contributed by atoms with E-state index in [2.05, 4.69) is 12.2 Å². The minimum absolute atomic E-state index is 0.219. The van der Waals surface area contributed by atoms with E-state index in [4.69, 9.17) is 18.9 Å². The summed E-state index contributed by atoms with van der Waals surface area (Å²) in [5.41, 5.74) is 1.13. The third-order valence-electron chi connectivity index (χ3n) is 4.24. The zero-order chi connectivity index (χ0) is 15.9. The van der Waals surface area contributed by atoms with E-state index in [1.54, 1.807) is 21.3 Å². The van der Waals surface area contributed by atoms with Crippen molar-refractivity contribution in [2.45, 2.75) is 25.8 Å². The van der Waals surface area contributed by atoms with E-state index >= 15 is 0 Å². The highest BCUT2D eigenvalue weighted by atomic mass is 16.5. The van der Waals surface area contributed by atoms with Crippen LogP contribution >= 0.6 is 0 Å². The first kappa shape index (κ1) is 16.9. The molecule has 1 fully saturated rings. The van der Waals surface area contributed by atoms with Crippen molar-refractivity contribution < 1.29 is 18.9 Å². The Morgan fingerprint density at radius 3 is 2.18 bits per heavy atom. The number of methoxy groups -OCH3 is 3. The van der Waals surface area contributed by atoms with Crippen molar-refractivity contribution in [3.05, 3.63) is 17.7 Å². The van der Waals surface area contributed by atoms with Gasteiger partial charge in [0.15, 0.2) is 11.5 Å². The monoisotopic (exact) mass is 309 g/mol. The third kappa shape index (κ3) is 4.05. The van der Waals surface area contributed by atoms with Gasteiger partial charge in [-0.2, -0.15) is 0 Å². The lowest BCUT2D eigenvalue weighted by molar-refractivity contribution is 0.0656. The highest BCUT2D eigenvalue weighted by molar-refractivity contribution is 5.54. The lowest BCUT2D eigenvalue weighted by Crippen LogP contribution is -2.29. The van der Waals surface area contributed by atoms with Crippen molar-refractivity contribution in [3.63, 3.8) is 0 Å². The summed E-state index contributed by atoms with van der Waals surface area (Å²) in [6.45, 7) is 4.91. The number of benzene rings is 1. The second kappa shape index (κ2) is 8.25. The molecule has 0 bridgehead atoms. The van der Waals surface area contributed by atoms with Crippen LogP contribution < -0.4 is 19.5 Å². The van der Waals surface area contributed by atoms with Crippen LogP contribution in [0.2, 0.25) is 0 Å². The zero-order valence-corrected chi connectivity index (χ0v) is 14.0. The average Bonchev–Trinajstić information content (AvgIpc) is 2.59. The van der Waals surface area contributed by atoms with Gasteiger partial charge in [0.25, 0.3) is 0 Å². The van der Waals surface area contributed by atoms with Crippen LogP contribution in [-0.4, -0.2) is 41.1 Å². The molecule has 2 rings (SSSR count). The topological polar surface area (TPSA) is 49.0 Å². The lowest BCUT2D eigenvalue weighted by Gasteiger charge is -2.25. The largest absolute Gasteiger partial charge is 0.493 e. The molecule has 0 aromatic heterocycles. The first-order chi connectivity index (χ1) is 10.7. The summed E-state index contributed by atoms with van der Waals surface area (Å²) in [5, 5.41) is 3.60. The van der Waals surface area contributed by atoms with Crippen LogP contribution in [0.5, 0.6) is 17.2 Å². The van der Waals surface area contributed by atoms with Crippen LogP contribution in [0.3, 0.4) is 0 Å². The number of rotatable bonds is 7. The molecule has 1 saturated heterocycles. The van der Waals surface area contributed by atoms with E-state index in [1.807, 2.05) is 12.1 Å². The molecule has 1 aliphatic rings. The van der Waals surface area contributed by atoms with Crippen molar-refractivity contribution in [2.75, 3.05) is 41.1 Å². The van der Waals surface area contributed by atoms with Gasteiger partial charge in [-0.25, -0.2) is 0 Å². The summed E-state index contributed by atoms with van der Waals surface area (Å²) < 4.78 is 21.6. The van der Waals surface area contributed by atoms with Crippen LogP contribution in [-0.2, 0) is 4.74 Å². The zero-order valence-electron chi connectivity index (χ0n) is 14.0. The molecule has 1 N–H and O–H groups in total. The van der Waals surface area contributed by atoms with Crippen molar-refractivity contribution in [2.24, 2.45) is 5.92 Å². The number of nitrogens with one attached hydrogen (secondary N) is 1. The van der Waals surface area contributed by atoms with Crippen molar-refractivity contribution in [1.82, 2.24) is 5.32 Å². The predicted octanol–water partition coefficient (Wildman–Crippen LogP) is 2.79. The second-order valence-electron chi connectivity index (χ2n) is 5.64. The van der Waals surface area contributed by atoms with Crippen molar-refractivity contribution in [3.8, 4) is 17.2 Å².